The lowest BCUT2D eigenvalue weighted by molar-refractivity contribution is 0.102. The number of halogens is 2. The predicted octanol–water partition coefficient (Wildman–Crippen LogP) is 3.08. The molecule has 0 fully saturated rings. The van der Waals surface area contributed by atoms with Gasteiger partial charge in [0.05, 0.1) is 4.90 Å². The zero-order chi connectivity index (χ0) is 18.9. The number of anilines is 1. The van der Waals surface area contributed by atoms with Crippen molar-refractivity contribution in [2.75, 3.05) is 19.4 Å². The minimum atomic E-state index is -3.69. The molecule has 0 saturated carbocycles. The van der Waals surface area contributed by atoms with E-state index in [0.717, 1.165) is 16.4 Å². The summed E-state index contributed by atoms with van der Waals surface area (Å²) in [6.45, 7) is 3.42. The molecule has 0 aliphatic carbocycles. The molecule has 0 bridgehead atoms. The maximum Gasteiger partial charge on any atom is 0.255 e. The summed E-state index contributed by atoms with van der Waals surface area (Å²) < 4.78 is 52.2. The highest BCUT2D eigenvalue weighted by atomic mass is 32.2. The molecule has 0 atom stereocenters. The maximum atomic E-state index is 13.3. The van der Waals surface area contributed by atoms with Crippen LogP contribution in [0, 0.1) is 25.5 Å². The molecule has 0 spiro atoms. The van der Waals surface area contributed by atoms with Gasteiger partial charge in [0.25, 0.3) is 5.91 Å². The standard InChI is InChI=1S/C17H18F2N2O3S/c1-10-5-15(25(23,24)21(3)4)9-16(11(10)2)20-17(22)12-6-13(18)8-14(19)7-12/h5-9H,1-4H3,(H,20,22). The molecule has 8 heteroatoms. The number of amides is 1. The van der Waals surface area contributed by atoms with Crippen molar-refractivity contribution in [3.8, 4) is 0 Å². The number of carbonyl (C=O) groups is 1. The summed E-state index contributed by atoms with van der Waals surface area (Å²) in [6, 6.07) is 5.30. The van der Waals surface area contributed by atoms with Crippen LogP contribution in [0.5, 0.6) is 0 Å². The van der Waals surface area contributed by atoms with Gasteiger partial charge in [-0.05, 0) is 49.2 Å². The van der Waals surface area contributed by atoms with Crippen LogP contribution in [0.25, 0.3) is 0 Å². The minimum absolute atomic E-state index is 0.0151. The zero-order valence-electron chi connectivity index (χ0n) is 14.2. The van der Waals surface area contributed by atoms with Gasteiger partial charge in [-0.25, -0.2) is 21.5 Å². The van der Waals surface area contributed by atoms with Gasteiger partial charge in [0, 0.05) is 31.4 Å². The average molecular weight is 368 g/mol. The summed E-state index contributed by atoms with van der Waals surface area (Å²) in [5.74, 6) is -2.48. The first kappa shape index (κ1) is 19.0. The number of hydrogen-bond acceptors (Lipinski definition) is 3. The van der Waals surface area contributed by atoms with Crippen LogP contribution in [0.2, 0.25) is 0 Å². The Morgan fingerprint density at radius 1 is 1.00 bits per heavy atom. The van der Waals surface area contributed by atoms with E-state index in [9.17, 15) is 22.0 Å². The van der Waals surface area contributed by atoms with E-state index in [2.05, 4.69) is 5.32 Å². The predicted molar refractivity (Wildman–Crippen MR) is 91.1 cm³/mol. The number of rotatable bonds is 4. The van der Waals surface area contributed by atoms with Crippen LogP contribution >= 0.6 is 0 Å². The SMILES string of the molecule is Cc1cc(S(=O)(=O)N(C)C)cc(NC(=O)c2cc(F)cc(F)c2)c1C. The third-order valence-corrected chi connectivity index (χ3v) is 5.59. The van der Waals surface area contributed by atoms with E-state index in [0.29, 0.717) is 17.2 Å². The molecule has 0 aliphatic rings. The molecular formula is C17H18F2N2O3S. The Bertz CT molecular complexity index is 921. The molecule has 2 rings (SSSR count). The van der Waals surface area contributed by atoms with Crippen LogP contribution in [0.15, 0.2) is 35.2 Å². The van der Waals surface area contributed by atoms with Crippen LogP contribution in [0.1, 0.15) is 21.5 Å². The van der Waals surface area contributed by atoms with Crippen molar-refractivity contribution >= 4 is 21.6 Å². The fraction of sp³-hybridized carbons (Fsp3) is 0.235. The van der Waals surface area contributed by atoms with Crippen molar-refractivity contribution in [1.82, 2.24) is 4.31 Å². The monoisotopic (exact) mass is 368 g/mol. The number of aryl methyl sites for hydroxylation is 1. The van der Waals surface area contributed by atoms with E-state index in [4.69, 9.17) is 0 Å². The number of hydrogen-bond donors (Lipinski definition) is 1. The number of nitrogens with one attached hydrogen (secondary N) is 1. The summed E-state index contributed by atoms with van der Waals surface area (Å²) in [5.41, 5.74) is 1.37. The lowest BCUT2D eigenvalue weighted by Crippen LogP contribution is -2.23. The molecule has 0 aliphatic heterocycles. The molecule has 134 valence electrons. The fourth-order valence-electron chi connectivity index (χ4n) is 2.20. The zero-order valence-corrected chi connectivity index (χ0v) is 15.0. The molecule has 0 heterocycles. The first-order chi connectivity index (χ1) is 11.5. The van der Waals surface area contributed by atoms with Crippen LogP contribution in [-0.4, -0.2) is 32.7 Å². The second kappa shape index (κ2) is 6.89. The number of sulfonamides is 1. The van der Waals surface area contributed by atoms with Gasteiger partial charge < -0.3 is 5.32 Å². The van der Waals surface area contributed by atoms with Crippen LogP contribution in [0.4, 0.5) is 14.5 Å². The third-order valence-electron chi connectivity index (χ3n) is 3.79. The Labute approximate surface area is 145 Å². The van der Waals surface area contributed by atoms with Crippen molar-refractivity contribution < 1.29 is 22.0 Å². The molecule has 0 unspecified atom stereocenters. The number of carbonyl (C=O) groups excluding carboxylic acids is 1. The van der Waals surface area contributed by atoms with E-state index in [1.54, 1.807) is 13.8 Å². The van der Waals surface area contributed by atoms with Crippen molar-refractivity contribution in [3.05, 3.63) is 58.7 Å². The lowest BCUT2D eigenvalue weighted by atomic mass is 10.1. The Morgan fingerprint density at radius 3 is 2.08 bits per heavy atom. The third kappa shape index (κ3) is 4.02. The summed E-state index contributed by atoms with van der Waals surface area (Å²) in [5, 5.41) is 2.52. The largest absolute Gasteiger partial charge is 0.322 e. The lowest BCUT2D eigenvalue weighted by Gasteiger charge is -2.16. The van der Waals surface area contributed by atoms with Crippen LogP contribution in [-0.2, 0) is 10.0 Å². The maximum absolute atomic E-state index is 13.3. The Hall–Kier alpha value is -2.32. The van der Waals surface area contributed by atoms with Crippen LogP contribution in [0.3, 0.4) is 0 Å². The van der Waals surface area contributed by atoms with E-state index in [1.165, 1.54) is 26.2 Å². The summed E-state index contributed by atoms with van der Waals surface area (Å²) >= 11 is 0. The molecule has 1 amide bonds. The molecule has 0 saturated heterocycles. The minimum Gasteiger partial charge on any atom is -0.322 e. The van der Waals surface area contributed by atoms with Gasteiger partial charge in [-0.2, -0.15) is 0 Å². The fourth-order valence-corrected chi connectivity index (χ4v) is 3.21. The highest BCUT2D eigenvalue weighted by molar-refractivity contribution is 7.89. The molecule has 0 radical (unpaired) electrons. The molecule has 25 heavy (non-hydrogen) atoms. The molecule has 5 nitrogen and oxygen atoms in total. The van der Waals surface area contributed by atoms with Crippen molar-refractivity contribution in [3.63, 3.8) is 0 Å². The van der Waals surface area contributed by atoms with E-state index in [1.807, 2.05) is 0 Å². The molecule has 1 N–H and O–H groups in total. The van der Waals surface area contributed by atoms with Crippen molar-refractivity contribution in [2.24, 2.45) is 0 Å². The van der Waals surface area contributed by atoms with Gasteiger partial charge in [-0.1, -0.05) is 0 Å². The molecule has 2 aromatic rings. The van der Waals surface area contributed by atoms with Gasteiger partial charge >= 0.3 is 0 Å². The highest BCUT2D eigenvalue weighted by Crippen LogP contribution is 2.26. The van der Waals surface area contributed by atoms with Crippen LogP contribution < -0.4 is 5.32 Å². The topological polar surface area (TPSA) is 66.5 Å². The Morgan fingerprint density at radius 2 is 1.56 bits per heavy atom. The van der Waals surface area contributed by atoms with E-state index < -0.39 is 27.6 Å². The summed E-state index contributed by atoms with van der Waals surface area (Å²) in [6.07, 6.45) is 0. The van der Waals surface area contributed by atoms with Gasteiger partial charge in [0.15, 0.2) is 0 Å². The average Bonchev–Trinajstić information content (AvgIpc) is 2.50. The van der Waals surface area contributed by atoms with Gasteiger partial charge in [0.1, 0.15) is 11.6 Å². The van der Waals surface area contributed by atoms with Gasteiger partial charge in [-0.15, -0.1) is 0 Å². The van der Waals surface area contributed by atoms with E-state index in [-0.39, 0.29) is 16.1 Å². The second-order valence-corrected chi connectivity index (χ2v) is 7.96. The Kier molecular flexibility index (Phi) is 5.24. The van der Waals surface area contributed by atoms with Crippen molar-refractivity contribution in [1.29, 1.82) is 0 Å². The smallest absolute Gasteiger partial charge is 0.255 e. The highest BCUT2D eigenvalue weighted by Gasteiger charge is 2.20. The van der Waals surface area contributed by atoms with Gasteiger partial charge in [0.2, 0.25) is 10.0 Å². The van der Waals surface area contributed by atoms with Gasteiger partial charge in [-0.3, -0.25) is 4.79 Å². The summed E-state index contributed by atoms with van der Waals surface area (Å²) in [7, 11) is -0.888. The van der Waals surface area contributed by atoms with E-state index >= 15 is 0 Å². The normalized spacial score (nSPS) is 11.6. The Balaban J connectivity index is 2.45. The first-order valence-corrected chi connectivity index (χ1v) is 8.77. The first-order valence-electron chi connectivity index (χ1n) is 7.33. The molecule has 0 aromatic heterocycles. The number of benzene rings is 2. The summed E-state index contributed by atoms with van der Waals surface area (Å²) in [4.78, 5) is 12.3. The molecule has 2 aromatic carbocycles. The quantitative estimate of drug-likeness (QED) is 0.902. The molecular weight excluding hydrogens is 350 g/mol. The van der Waals surface area contributed by atoms with Crippen molar-refractivity contribution in [2.45, 2.75) is 18.7 Å². The second-order valence-electron chi connectivity index (χ2n) is 5.81. The number of nitrogens with zero attached hydrogens (tertiary/aromatic N) is 1.